The van der Waals surface area contributed by atoms with Gasteiger partial charge >= 0.3 is 0 Å². The monoisotopic (exact) mass is 270 g/mol. The summed E-state index contributed by atoms with van der Waals surface area (Å²) in [4.78, 5) is 0. The Morgan fingerprint density at radius 1 is 0.600 bits per heavy atom. The van der Waals surface area contributed by atoms with Crippen molar-refractivity contribution < 1.29 is 4.57 Å². The van der Waals surface area contributed by atoms with E-state index in [0.29, 0.717) is 6.04 Å². The highest BCUT2D eigenvalue weighted by molar-refractivity contribution is 5.88. The molecule has 20 heavy (non-hydrogen) atoms. The van der Waals surface area contributed by atoms with Crippen molar-refractivity contribution in [3.63, 3.8) is 0 Å². The standard InChI is InChI=1S/C19H28N/c1-10(2)20-17(9)13(5)15(7)18-14(6)11(3)12(4)16(8)19(18)20/h10H,1-9H3/q+1. The van der Waals surface area contributed by atoms with Gasteiger partial charge in [-0.05, 0) is 77.6 Å². The van der Waals surface area contributed by atoms with Gasteiger partial charge in [-0.2, -0.15) is 4.57 Å². The van der Waals surface area contributed by atoms with Crippen LogP contribution in [0.15, 0.2) is 0 Å². The van der Waals surface area contributed by atoms with Gasteiger partial charge in [0, 0.05) is 18.1 Å². The molecular weight excluding hydrogens is 242 g/mol. The summed E-state index contributed by atoms with van der Waals surface area (Å²) < 4.78 is 2.52. The van der Waals surface area contributed by atoms with Crippen LogP contribution < -0.4 is 4.57 Å². The molecule has 0 saturated heterocycles. The van der Waals surface area contributed by atoms with Gasteiger partial charge in [-0.1, -0.05) is 0 Å². The molecule has 2 rings (SSSR count). The maximum atomic E-state index is 2.52. The van der Waals surface area contributed by atoms with Crippen LogP contribution in [0, 0.1) is 48.5 Å². The Bertz CT molecular complexity index is 698. The lowest BCUT2D eigenvalue weighted by Crippen LogP contribution is -2.42. The maximum Gasteiger partial charge on any atom is 0.216 e. The predicted octanol–water partition coefficient (Wildman–Crippen LogP) is 4.87. The van der Waals surface area contributed by atoms with Gasteiger partial charge in [0.05, 0.1) is 5.39 Å². The van der Waals surface area contributed by atoms with Gasteiger partial charge in [0.15, 0.2) is 11.7 Å². The minimum absolute atomic E-state index is 0.483. The van der Waals surface area contributed by atoms with Crippen LogP contribution >= 0.6 is 0 Å². The Balaban J connectivity index is 3.22. The molecule has 0 aliphatic carbocycles. The largest absolute Gasteiger partial charge is 0.216 e. The summed E-state index contributed by atoms with van der Waals surface area (Å²) in [5, 5.41) is 1.46. The number of aromatic nitrogens is 1. The summed E-state index contributed by atoms with van der Waals surface area (Å²) in [6.07, 6.45) is 0. The fourth-order valence-corrected chi connectivity index (χ4v) is 3.51. The molecule has 0 unspecified atom stereocenters. The van der Waals surface area contributed by atoms with Crippen LogP contribution in [0.4, 0.5) is 0 Å². The van der Waals surface area contributed by atoms with Crippen molar-refractivity contribution in [2.24, 2.45) is 0 Å². The van der Waals surface area contributed by atoms with Gasteiger partial charge in [0.2, 0.25) is 5.52 Å². The summed E-state index contributed by atoms with van der Waals surface area (Å²) in [6, 6.07) is 0.483. The van der Waals surface area contributed by atoms with Crippen molar-refractivity contribution in [1.82, 2.24) is 0 Å². The molecule has 0 radical (unpaired) electrons. The second-order valence-corrected chi connectivity index (χ2v) is 6.52. The first kappa shape index (κ1) is 15.0. The van der Waals surface area contributed by atoms with Crippen molar-refractivity contribution in [3.8, 4) is 0 Å². The molecule has 2 aromatic rings. The third-order valence-corrected chi connectivity index (χ3v) is 5.25. The smallest absolute Gasteiger partial charge is 0.193 e. The van der Waals surface area contributed by atoms with Crippen molar-refractivity contribution in [2.45, 2.75) is 68.4 Å². The van der Waals surface area contributed by atoms with Crippen molar-refractivity contribution in [1.29, 1.82) is 0 Å². The molecule has 0 aliphatic rings. The zero-order valence-corrected chi connectivity index (χ0v) is 14.5. The highest BCUT2D eigenvalue weighted by atomic mass is 15.0. The van der Waals surface area contributed by atoms with E-state index in [0.717, 1.165) is 0 Å². The summed E-state index contributed by atoms with van der Waals surface area (Å²) in [7, 11) is 0. The summed E-state index contributed by atoms with van der Waals surface area (Å²) in [6.45, 7) is 20.4. The van der Waals surface area contributed by atoms with E-state index in [9.17, 15) is 0 Å². The fraction of sp³-hybridized carbons (Fsp3) is 0.526. The van der Waals surface area contributed by atoms with Gasteiger partial charge in [-0.15, -0.1) is 0 Å². The van der Waals surface area contributed by atoms with Crippen LogP contribution in [0.3, 0.4) is 0 Å². The van der Waals surface area contributed by atoms with Crippen LogP contribution in [0.5, 0.6) is 0 Å². The number of fused-ring (bicyclic) bond motifs is 1. The van der Waals surface area contributed by atoms with E-state index in [2.05, 4.69) is 66.9 Å². The zero-order chi connectivity index (χ0) is 15.4. The van der Waals surface area contributed by atoms with Crippen molar-refractivity contribution in [2.75, 3.05) is 0 Å². The fourth-order valence-electron chi connectivity index (χ4n) is 3.51. The number of benzene rings is 1. The number of rotatable bonds is 1. The Morgan fingerprint density at radius 3 is 1.55 bits per heavy atom. The topological polar surface area (TPSA) is 3.88 Å². The number of pyridine rings is 1. The Labute approximate surface area is 123 Å². The van der Waals surface area contributed by atoms with E-state index in [4.69, 9.17) is 0 Å². The van der Waals surface area contributed by atoms with E-state index in [1.165, 1.54) is 50.0 Å². The minimum Gasteiger partial charge on any atom is -0.193 e. The maximum absolute atomic E-state index is 2.52. The van der Waals surface area contributed by atoms with Gasteiger partial charge in [0.1, 0.15) is 0 Å². The van der Waals surface area contributed by atoms with Crippen LogP contribution in [0.2, 0.25) is 0 Å². The third kappa shape index (κ3) is 1.87. The first-order chi connectivity index (χ1) is 9.20. The zero-order valence-electron chi connectivity index (χ0n) is 14.5. The molecule has 0 atom stereocenters. The molecule has 0 bridgehead atoms. The highest BCUT2D eigenvalue weighted by Gasteiger charge is 2.26. The molecule has 1 nitrogen and oxygen atoms in total. The van der Waals surface area contributed by atoms with Crippen LogP contribution in [-0.2, 0) is 0 Å². The summed E-state index contributed by atoms with van der Waals surface area (Å²) in [5.41, 5.74) is 11.5. The quantitative estimate of drug-likeness (QED) is 0.651. The second kappa shape index (κ2) is 4.87. The predicted molar refractivity (Wildman–Crippen MR) is 87.7 cm³/mol. The van der Waals surface area contributed by atoms with Crippen LogP contribution in [0.25, 0.3) is 10.9 Å². The molecule has 1 aromatic heterocycles. The average molecular weight is 270 g/mol. The molecule has 1 heteroatoms. The normalized spacial score (nSPS) is 11.7. The number of aryl methyl sites for hydroxylation is 3. The lowest BCUT2D eigenvalue weighted by Gasteiger charge is -2.19. The molecule has 0 aliphatic heterocycles. The third-order valence-electron chi connectivity index (χ3n) is 5.25. The van der Waals surface area contributed by atoms with Gasteiger partial charge < -0.3 is 0 Å². The highest BCUT2D eigenvalue weighted by Crippen LogP contribution is 2.32. The van der Waals surface area contributed by atoms with E-state index >= 15 is 0 Å². The SMILES string of the molecule is Cc1c(C)c(C)c2c(c1C)c(C)c(C)c(C)[n+]2C(C)C. The summed E-state index contributed by atoms with van der Waals surface area (Å²) >= 11 is 0. The first-order valence-electron chi connectivity index (χ1n) is 7.61. The van der Waals surface area contributed by atoms with Gasteiger partial charge in [-0.25, -0.2) is 0 Å². The average Bonchev–Trinajstić information content (AvgIpc) is 2.39. The van der Waals surface area contributed by atoms with Crippen molar-refractivity contribution in [3.05, 3.63) is 39.1 Å². The lowest BCUT2D eigenvalue weighted by molar-refractivity contribution is -0.697. The molecule has 0 N–H and O–H groups in total. The van der Waals surface area contributed by atoms with Gasteiger partial charge in [0.25, 0.3) is 0 Å². The lowest BCUT2D eigenvalue weighted by atomic mass is 9.89. The number of nitrogens with zero attached hydrogens (tertiary/aromatic N) is 1. The molecule has 0 fully saturated rings. The summed E-state index contributed by atoms with van der Waals surface area (Å²) in [5.74, 6) is 0. The van der Waals surface area contributed by atoms with Crippen molar-refractivity contribution >= 4 is 10.9 Å². The molecule has 108 valence electrons. The molecule has 0 spiro atoms. The van der Waals surface area contributed by atoms with E-state index in [1.807, 2.05) is 0 Å². The van der Waals surface area contributed by atoms with Crippen LogP contribution in [0.1, 0.15) is 59.0 Å². The minimum atomic E-state index is 0.483. The van der Waals surface area contributed by atoms with E-state index in [1.54, 1.807) is 0 Å². The Morgan fingerprint density at radius 2 is 1.05 bits per heavy atom. The first-order valence-corrected chi connectivity index (χ1v) is 7.61. The molecule has 0 amide bonds. The van der Waals surface area contributed by atoms with Crippen LogP contribution in [-0.4, -0.2) is 0 Å². The number of hydrogen-bond donors (Lipinski definition) is 0. The van der Waals surface area contributed by atoms with Gasteiger partial charge in [-0.3, -0.25) is 0 Å². The van der Waals surface area contributed by atoms with E-state index < -0.39 is 0 Å². The molecular formula is C19H28N+. The molecule has 0 saturated carbocycles. The molecule has 1 heterocycles. The molecule has 1 aromatic carbocycles. The second-order valence-electron chi connectivity index (χ2n) is 6.52. The number of hydrogen-bond acceptors (Lipinski definition) is 0. The Hall–Kier alpha value is -1.37. The Kier molecular flexibility index (Phi) is 3.66. The van der Waals surface area contributed by atoms with E-state index in [-0.39, 0.29) is 0 Å².